The van der Waals surface area contributed by atoms with Gasteiger partial charge < -0.3 is 15.7 Å². The summed E-state index contributed by atoms with van der Waals surface area (Å²) < 4.78 is 0. The molecule has 0 spiro atoms. The van der Waals surface area contributed by atoms with Crippen LogP contribution in [0.2, 0.25) is 0 Å². The van der Waals surface area contributed by atoms with E-state index in [1.165, 1.54) is 18.3 Å². The molecule has 0 saturated heterocycles. The van der Waals surface area contributed by atoms with Crippen molar-refractivity contribution in [2.24, 2.45) is 0 Å². The van der Waals surface area contributed by atoms with Crippen LogP contribution in [-0.2, 0) is 4.79 Å². The summed E-state index contributed by atoms with van der Waals surface area (Å²) in [5.74, 6) is -1.76. The zero-order valence-corrected chi connectivity index (χ0v) is 11.5. The summed E-state index contributed by atoms with van der Waals surface area (Å²) in [7, 11) is 0. The lowest BCUT2D eigenvalue weighted by atomic mass is 10.2. The van der Waals surface area contributed by atoms with E-state index in [0.717, 1.165) is 12.8 Å². The first-order valence-corrected chi connectivity index (χ1v) is 6.84. The van der Waals surface area contributed by atoms with E-state index in [4.69, 9.17) is 5.11 Å². The van der Waals surface area contributed by atoms with Crippen molar-refractivity contribution in [3.05, 3.63) is 29.6 Å². The fraction of sp³-hybridized carbons (Fsp3) is 0.429. The molecule has 0 radical (unpaired) electrons. The summed E-state index contributed by atoms with van der Waals surface area (Å²) in [6.07, 6.45) is 4.29. The number of nitrogens with zero attached hydrogens (tertiary/aromatic N) is 1. The molecule has 1 aromatic heterocycles. The average Bonchev–Trinajstić information content (AvgIpc) is 3.27. The van der Waals surface area contributed by atoms with Crippen molar-refractivity contribution in [3.8, 4) is 0 Å². The third-order valence-corrected chi connectivity index (χ3v) is 3.06. The number of amides is 2. The lowest BCUT2D eigenvalue weighted by Gasteiger charge is -2.07. The number of carboxylic acids is 1. The molecule has 21 heavy (non-hydrogen) atoms. The molecule has 0 aliphatic heterocycles. The van der Waals surface area contributed by atoms with Crippen molar-refractivity contribution in [1.29, 1.82) is 0 Å². The normalized spacial score (nSPS) is 13.5. The molecule has 0 unspecified atom stereocenters. The maximum atomic E-state index is 11.9. The summed E-state index contributed by atoms with van der Waals surface area (Å²) >= 11 is 0. The highest BCUT2D eigenvalue weighted by atomic mass is 16.4. The minimum Gasteiger partial charge on any atom is -0.478 e. The molecule has 112 valence electrons. The standard InChI is InChI=1S/C14H17N3O4/c18-11(17-9-5-6-9)4-2-8-16-13(19)12-10(14(20)21)3-1-7-15-12/h1,3,7,9H,2,4-6,8H2,(H,16,19)(H,17,18)(H,20,21). The monoisotopic (exact) mass is 291 g/mol. The van der Waals surface area contributed by atoms with Gasteiger partial charge in [0.05, 0.1) is 5.56 Å². The van der Waals surface area contributed by atoms with Crippen LogP contribution in [0.5, 0.6) is 0 Å². The van der Waals surface area contributed by atoms with Gasteiger partial charge >= 0.3 is 5.97 Å². The molecule has 1 heterocycles. The Hall–Kier alpha value is -2.44. The molecular weight excluding hydrogens is 274 g/mol. The van der Waals surface area contributed by atoms with Gasteiger partial charge in [-0.25, -0.2) is 4.79 Å². The number of hydrogen-bond donors (Lipinski definition) is 3. The highest BCUT2D eigenvalue weighted by Crippen LogP contribution is 2.18. The number of carboxylic acid groups (broad SMARTS) is 1. The van der Waals surface area contributed by atoms with Crippen LogP contribution in [0.1, 0.15) is 46.5 Å². The quantitative estimate of drug-likeness (QED) is 0.636. The van der Waals surface area contributed by atoms with Gasteiger partial charge in [-0.05, 0) is 31.4 Å². The Balaban J connectivity index is 1.76. The number of carbonyl (C=O) groups excluding carboxylic acids is 2. The van der Waals surface area contributed by atoms with E-state index in [0.29, 0.717) is 25.4 Å². The van der Waals surface area contributed by atoms with Crippen molar-refractivity contribution in [2.75, 3.05) is 6.54 Å². The van der Waals surface area contributed by atoms with Gasteiger partial charge in [0.15, 0.2) is 0 Å². The predicted octanol–water partition coefficient (Wildman–Crippen LogP) is 0.568. The van der Waals surface area contributed by atoms with Gasteiger partial charge in [-0.1, -0.05) is 0 Å². The van der Waals surface area contributed by atoms with E-state index in [1.54, 1.807) is 0 Å². The Kier molecular flexibility index (Phi) is 4.86. The van der Waals surface area contributed by atoms with Crippen LogP contribution in [0.15, 0.2) is 18.3 Å². The van der Waals surface area contributed by atoms with Crippen molar-refractivity contribution in [1.82, 2.24) is 15.6 Å². The molecule has 1 saturated carbocycles. The van der Waals surface area contributed by atoms with Crippen molar-refractivity contribution < 1.29 is 19.5 Å². The summed E-state index contributed by atoms with van der Waals surface area (Å²) in [6.45, 7) is 0.298. The number of hydrogen-bond acceptors (Lipinski definition) is 4. The van der Waals surface area contributed by atoms with Gasteiger partial charge in [-0.2, -0.15) is 0 Å². The minimum absolute atomic E-state index is 0.0178. The maximum Gasteiger partial charge on any atom is 0.338 e. The van der Waals surface area contributed by atoms with Gasteiger partial charge in [0.1, 0.15) is 5.69 Å². The summed E-state index contributed by atoms with van der Waals surface area (Å²) in [5.41, 5.74) is -0.256. The number of pyridine rings is 1. The highest BCUT2D eigenvalue weighted by molar-refractivity contribution is 6.03. The largest absolute Gasteiger partial charge is 0.478 e. The first-order valence-electron chi connectivity index (χ1n) is 6.84. The van der Waals surface area contributed by atoms with E-state index >= 15 is 0 Å². The third-order valence-electron chi connectivity index (χ3n) is 3.06. The smallest absolute Gasteiger partial charge is 0.338 e. The summed E-state index contributed by atoms with van der Waals surface area (Å²) in [5, 5.41) is 14.4. The second kappa shape index (κ2) is 6.83. The van der Waals surface area contributed by atoms with Crippen LogP contribution < -0.4 is 10.6 Å². The van der Waals surface area contributed by atoms with Crippen molar-refractivity contribution in [2.45, 2.75) is 31.7 Å². The van der Waals surface area contributed by atoms with Crippen LogP contribution in [-0.4, -0.2) is 40.5 Å². The molecule has 3 N–H and O–H groups in total. The molecule has 1 aliphatic carbocycles. The second-order valence-corrected chi connectivity index (χ2v) is 4.91. The van der Waals surface area contributed by atoms with Gasteiger partial charge in [0.2, 0.25) is 5.91 Å². The Morgan fingerprint density at radius 3 is 2.76 bits per heavy atom. The maximum absolute atomic E-state index is 11.9. The third kappa shape index (κ3) is 4.55. The minimum atomic E-state index is -1.20. The van der Waals surface area contributed by atoms with Crippen molar-refractivity contribution >= 4 is 17.8 Å². The highest BCUT2D eigenvalue weighted by Gasteiger charge is 2.22. The van der Waals surface area contributed by atoms with Crippen LogP contribution >= 0.6 is 0 Å². The van der Waals surface area contributed by atoms with Crippen LogP contribution in [0.4, 0.5) is 0 Å². The molecule has 1 aliphatic rings. The molecule has 0 atom stereocenters. The molecular formula is C14H17N3O4. The molecule has 1 aromatic rings. The Morgan fingerprint density at radius 1 is 1.33 bits per heavy atom. The predicted molar refractivity (Wildman–Crippen MR) is 73.9 cm³/mol. The number of aromatic carboxylic acids is 1. The Bertz CT molecular complexity index is 555. The Morgan fingerprint density at radius 2 is 2.10 bits per heavy atom. The molecule has 2 amide bonds. The van der Waals surface area contributed by atoms with Crippen LogP contribution in [0.3, 0.4) is 0 Å². The van der Waals surface area contributed by atoms with E-state index in [9.17, 15) is 14.4 Å². The van der Waals surface area contributed by atoms with E-state index in [-0.39, 0.29) is 17.2 Å². The number of carbonyl (C=O) groups is 3. The zero-order chi connectivity index (χ0) is 15.2. The molecule has 0 aromatic carbocycles. The number of rotatable bonds is 7. The Labute approximate surface area is 121 Å². The van der Waals surface area contributed by atoms with Gasteiger partial charge in [-0.15, -0.1) is 0 Å². The fourth-order valence-electron chi connectivity index (χ4n) is 1.82. The average molecular weight is 291 g/mol. The molecule has 2 rings (SSSR count). The molecule has 1 fully saturated rings. The van der Waals surface area contributed by atoms with E-state index < -0.39 is 11.9 Å². The van der Waals surface area contributed by atoms with E-state index in [1.807, 2.05) is 0 Å². The molecule has 7 nitrogen and oxygen atoms in total. The zero-order valence-electron chi connectivity index (χ0n) is 11.5. The molecule has 7 heteroatoms. The number of aromatic nitrogens is 1. The first kappa shape index (κ1) is 15.0. The summed E-state index contributed by atoms with van der Waals surface area (Å²) in [6, 6.07) is 3.12. The first-order chi connectivity index (χ1) is 10.1. The number of nitrogens with one attached hydrogen (secondary N) is 2. The van der Waals surface area contributed by atoms with E-state index in [2.05, 4.69) is 15.6 Å². The van der Waals surface area contributed by atoms with Crippen LogP contribution in [0, 0.1) is 0 Å². The lowest BCUT2D eigenvalue weighted by molar-refractivity contribution is -0.121. The van der Waals surface area contributed by atoms with Gasteiger partial charge in [0.25, 0.3) is 5.91 Å². The molecule has 0 bridgehead atoms. The topological polar surface area (TPSA) is 108 Å². The fourth-order valence-corrected chi connectivity index (χ4v) is 1.82. The second-order valence-electron chi connectivity index (χ2n) is 4.91. The lowest BCUT2D eigenvalue weighted by Crippen LogP contribution is -2.29. The van der Waals surface area contributed by atoms with Crippen molar-refractivity contribution in [3.63, 3.8) is 0 Å². The van der Waals surface area contributed by atoms with Crippen LogP contribution in [0.25, 0.3) is 0 Å². The summed E-state index contributed by atoms with van der Waals surface area (Å²) in [4.78, 5) is 38.1. The SMILES string of the molecule is O=C(CCCNC(=O)c1ncccc1C(=O)O)NC1CC1. The van der Waals surface area contributed by atoms with Gasteiger partial charge in [0, 0.05) is 25.2 Å². The van der Waals surface area contributed by atoms with Gasteiger partial charge in [-0.3, -0.25) is 14.6 Å².